The smallest absolute Gasteiger partial charge is 0.250 e. The first kappa shape index (κ1) is 12.6. The van der Waals surface area contributed by atoms with E-state index >= 15 is 0 Å². The molecule has 1 amide bonds. The molecule has 98 valence electrons. The molecule has 0 atom stereocenters. The molecule has 3 rings (SSSR count). The van der Waals surface area contributed by atoms with Crippen LogP contribution in [0, 0.1) is 0 Å². The van der Waals surface area contributed by atoms with Crippen molar-refractivity contribution in [3.63, 3.8) is 0 Å². The Kier molecular flexibility index (Phi) is 3.31. The highest BCUT2D eigenvalue weighted by Gasteiger charge is 2.13. The highest BCUT2D eigenvalue weighted by molar-refractivity contribution is 7.14. The number of carbonyl (C=O) groups is 1. The zero-order chi connectivity index (χ0) is 13.9. The summed E-state index contributed by atoms with van der Waals surface area (Å²) in [7, 11) is 0. The van der Waals surface area contributed by atoms with E-state index in [0.717, 1.165) is 16.0 Å². The van der Waals surface area contributed by atoms with Crippen molar-refractivity contribution in [1.82, 2.24) is 4.98 Å². The summed E-state index contributed by atoms with van der Waals surface area (Å²) in [6.07, 6.45) is 1.67. The zero-order valence-electron chi connectivity index (χ0n) is 10.6. The normalized spacial score (nSPS) is 10.4. The Morgan fingerprint density at radius 3 is 2.60 bits per heavy atom. The second kappa shape index (κ2) is 5.27. The predicted molar refractivity (Wildman–Crippen MR) is 81.5 cm³/mol. The van der Waals surface area contributed by atoms with Crippen molar-refractivity contribution >= 4 is 17.2 Å². The van der Waals surface area contributed by atoms with Gasteiger partial charge in [0.05, 0.1) is 16.1 Å². The van der Waals surface area contributed by atoms with Gasteiger partial charge in [-0.25, -0.2) is 0 Å². The van der Waals surface area contributed by atoms with Crippen LogP contribution in [0.4, 0.5) is 0 Å². The molecule has 0 aliphatic rings. The van der Waals surface area contributed by atoms with Crippen LogP contribution < -0.4 is 5.73 Å². The second-order valence-electron chi connectivity index (χ2n) is 4.33. The highest BCUT2D eigenvalue weighted by Crippen LogP contribution is 2.32. The average Bonchev–Trinajstić information content (AvgIpc) is 2.98. The Bertz CT molecular complexity index is 750. The van der Waals surface area contributed by atoms with Gasteiger partial charge < -0.3 is 5.73 Å². The van der Waals surface area contributed by atoms with E-state index in [1.54, 1.807) is 29.7 Å². The lowest BCUT2D eigenvalue weighted by molar-refractivity contribution is 0.100. The lowest BCUT2D eigenvalue weighted by Gasteiger charge is -2.02. The van der Waals surface area contributed by atoms with E-state index in [0.29, 0.717) is 11.3 Å². The Balaban J connectivity index is 2.05. The van der Waals surface area contributed by atoms with Crippen molar-refractivity contribution in [3.8, 4) is 21.7 Å². The number of primary amides is 1. The third-order valence-corrected chi connectivity index (χ3v) is 3.95. The first-order chi connectivity index (χ1) is 9.75. The van der Waals surface area contributed by atoms with Crippen molar-refractivity contribution in [1.29, 1.82) is 0 Å². The maximum Gasteiger partial charge on any atom is 0.250 e. The molecule has 0 radical (unpaired) electrons. The lowest BCUT2D eigenvalue weighted by Crippen LogP contribution is -2.12. The van der Waals surface area contributed by atoms with Crippen LogP contribution in [0.3, 0.4) is 0 Å². The second-order valence-corrected chi connectivity index (χ2v) is 5.24. The summed E-state index contributed by atoms with van der Waals surface area (Å²) in [6.45, 7) is 0. The molecule has 3 aromatic rings. The molecule has 0 saturated carbocycles. The average molecular weight is 280 g/mol. The number of benzene rings is 1. The SMILES string of the molecule is NC(=O)c1cccnc1-c1cc(-c2ccccc2)cs1. The van der Waals surface area contributed by atoms with E-state index < -0.39 is 5.91 Å². The van der Waals surface area contributed by atoms with Crippen LogP contribution in [0.15, 0.2) is 60.1 Å². The van der Waals surface area contributed by atoms with Gasteiger partial charge in [-0.2, -0.15) is 0 Å². The largest absolute Gasteiger partial charge is 0.366 e. The van der Waals surface area contributed by atoms with Gasteiger partial charge in [-0.3, -0.25) is 9.78 Å². The molecule has 1 aromatic carbocycles. The Hall–Kier alpha value is -2.46. The van der Waals surface area contributed by atoms with Crippen LogP contribution in [0.1, 0.15) is 10.4 Å². The number of nitrogens with zero attached hydrogens (tertiary/aromatic N) is 1. The topological polar surface area (TPSA) is 56.0 Å². The quantitative estimate of drug-likeness (QED) is 0.797. The Morgan fingerprint density at radius 2 is 1.85 bits per heavy atom. The van der Waals surface area contributed by atoms with Gasteiger partial charge in [-0.1, -0.05) is 30.3 Å². The number of amides is 1. The Labute approximate surface area is 120 Å². The van der Waals surface area contributed by atoms with Gasteiger partial charge in [0.1, 0.15) is 0 Å². The zero-order valence-corrected chi connectivity index (χ0v) is 11.4. The van der Waals surface area contributed by atoms with E-state index in [9.17, 15) is 4.79 Å². The van der Waals surface area contributed by atoms with E-state index in [1.807, 2.05) is 24.3 Å². The van der Waals surface area contributed by atoms with Gasteiger partial charge in [-0.15, -0.1) is 11.3 Å². The minimum absolute atomic E-state index is 0.453. The first-order valence-electron chi connectivity index (χ1n) is 6.15. The van der Waals surface area contributed by atoms with Crippen LogP contribution in [-0.2, 0) is 0 Å². The van der Waals surface area contributed by atoms with Gasteiger partial charge in [0, 0.05) is 6.20 Å². The molecular formula is C16H12N2OS. The van der Waals surface area contributed by atoms with Crippen LogP contribution in [0.25, 0.3) is 21.7 Å². The molecular weight excluding hydrogens is 268 g/mol. The molecule has 3 nitrogen and oxygen atoms in total. The summed E-state index contributed by atoms with van der Waals surface area (Å²) in [5, 5.41) is 2.06. The molecule has 2 N–H and O–H groups in total. The van der Waals surface area contributed by atoms with Crippen LogP contribution in [0.5, 0.6) is 0 Å². The number of hydrogen-bond acceptors (Lipinski definition) is 3. The van der Waals surface area contributed by atoms with Gasteiger partial charge in [0.25, 0.3) is 5.91 Å². The van der Waals surface area contributed by atoms with Crippen LogP contribution >= 0.6 is 11.3 Å². The predicted octanol–water partition coefficient (Wildman–Crippen LogP) is 3.58. The molecule has 0 fully saturated rings. The van der Waals surface area contributed by atoms with Crippen molar-refractivity contribution in [2.75, 3.05) is 0 Å². The molecule has 20 heavy (non-hydrogen) atoms. The summed E-state index contributed by atoms with van der Waals surface area (Å²) in [4.78, 5) is 16.7. The fraction of sp³-hybridized carbons (Fsp3) is 0. The lowest BCUT2D eigenvalue weighted by atomic mass is 10.1. The van der Waals surface area contributed by atoms with E-state index in [2.05, 4.69) is 22.5 Å². The maximum atomic E-state index is 11.5. The highest BCUT2D eigenvalue weighted by atomic mass is 32.1. The number of pyridine rings is 1. The standard InChI is InChI=1S/C16H12N2OS/c17-16(19)13-7-4-8-18-15(13)14-9-12(10-20-14)11-5-2-1-3-6-11/h1-10H,(H2,17,19). The van der Waals surface area contributed by atoms with Gasteiger partial charge >= 0.3 is 0 Å². The Morgan fingerprint density at radius 1 is 1.05 bits per heavy atom. The van der Waals surface area contributed by atoms with Gasteiger partial charge in [-0.05, 0) is 34.7 Å². The summed E-state index contributed by atoms with van der Waals surface area (Å²) < 4.78 is 0. The van der Waals surface area contributed by atoms with E-state index in [1.165, 1.54) is 0 Å². The number of carbonyl (C=O) groups excluding carboxylic acids is 1. The van der Waals surface area contributed by atoms with Crippen LogP contribution in [0.2, 0.25) is 0 Å². The van der Waals surface area contributed by atoms with Crippen molar-refractivity contribution in [2.45, 2.75) is 0 Å². The molecule has 0 saturated heterocycles. The molecule has 4 heteroatoms. The molecule has 2 aromatic heterocycles. The third kappa shape index (κ3) is 2.33. The number of aromatic nitrogens is 1. The van der Waals surface area contributed by atoms with Crippen LogP contribution in [-0.4, -0.2) is 10.9 Å². The fourth-order valence-electron chi connectivity index (χ4n) is 2.04. The van der Waals surface area contributed by atoms with Crippen molar-refractivity contribution < 1.29 is 4.79 Å². The number of thiophene rings is 1. The number of rotatable bonds is 3. The summed E-state index contributed by atoms with van der Waals surface area (Å²) in [6, 6.07) is 15.6. The van der Waals surface area contributed by atoms with Crippen molar-refractivity contribution in [3.05, 3.63) is 65.7 Å². The molecule has 2 heterocycles. The first-order valence-corrected chi connectivity index (χ1v) is 7.03. The minimum atomic E-state index is -0.456. The van der Waals surface area contributed by atoms with Crippen molar-refractivity contribution in [2.24, 2.45) is 5.73 Å². The molecule has 0 aliphatic heterocycles. The van der Waals surface area contributed by atoms with Gasteiger partial charge in [0.2, 0.25) is 0 Å². The minimum Gasteiger partial charge on any atom is -0.366 e. The summed E-state index contributed by atoms with van der Waals surface area (Å²) >= 11 is 1.56. The molecule has 0 bridgehead atoms. The number of nitrogens with two attached hydrogens (primary N) is 1. The third-order valence-electron chi connectivity index (χ3n) is 3.01. The monoisotopic (exact) mass is 280 g/mol. The van der Waals surface area contributed by atoms with Gasteiger partial charge in [0.15, 0.2) is 0 Å². The molecule has 0 unspecified atom stereocenters. The number of hydrogen-bond donors (Lipinski definition) is 1. The maximum absolute atomic E-state index is 11.5. The van der Waals surface area contributed by atoms with E-state index in [4.69, 9.17) is 5.73 Å². The summed E-state index contributed by atoms with van der Waals surface area (Å²) in [5.41, 5.74) is 8.76. The molecule has 0 spiro atoms. The molecule has 0 aliphatic carbocycles. The summed E-state index contributed by atoms with van der Waals surface area (Å²) in [5.74, 6) is -0.456. The van der Waals surface area contributed by atoms with E-state index in [-0.39, 0.29) is 0 Å². The fourth-order valence-corrected chi connectivity index (χ4v) is 2.97.